The number of primary amides is 1. The highest BCUT2D eigenvalue weighted by Gasteiger charge is 2.48. The summed E-state index contributed by atoms with van der Waals surface area (Å²) < 4.78 is 4.87. The molecule has 0 aromatic heterocycles. The van der Waals surface area contributed by atoms with Gasteiger partial charge >= 0.3 is 6.09 Å². The Hall–Kier alpha value is -3.21. The molecule has 2 amide bonds. The van der Waals surface area contributed by atoms with Crippen LogP contribution in [0.5, 0.6) is 0 Å². The summed E-state index contributed by atoms with van der Waals surface area (Å²) in [4.78, 5) is 27.8. The number of nitrogens with zero attached hydrogens (tertiary/aromatic N) is 1. The molecule has 1 atom stereocenters. The monoisotopic (exact) mass is 404 g/mol. The van der Waals surface area contributed by atoms with Crippen LogP contribution >= 0.6 is 0 Å². The Morgan fingerprint density at radius 2 is 1.57 bits per heavy atom. The second kappa shape index (κ2) is 8.66. The van der Waals surface area contributed by atoms with Gasteiger partial charge in [-0.15, -0.1) is 0 Å². The van der Waals surface area contributed by atoms with Gasteiger partial charge in [0.05, 0.1) is 6.61 Å². The van der Waals surface area contributed by atoms with Crippen molar-refractivity contribution in [3.05, 3.63) is 83.4 Å². The molecule has 2 aromatic rings. The number of nitrogens with two attached hydrogens (primary N) is 1. The van der Waals surface area contributed by atoms with Gasteiger partial charge in [0, 0.05) is 29.5 Å². The number of dihydropyridines is 1. The van der Waals surface area contributed by atoms with E-state index in [1.165, 1.54) is 0 Å². The molecule has 1 heterocycles. The number of aliphatic imine (C=N–C) groups is 1. The maximum Gasteiger partial charge on any atom is 0.404 e. The maximum absolute atomic E-state index is 12.5. The minimum Gasteiger partial charge on any atom is -0.449 e. The first kappa shape index (κ1) is 21.5. The van der Waals surface area contributed by atoms with Crippen LogP contribution in [0.1, 0.15) is 44.2 Å². The lowest BCUT2D eigenvalue weighted by molar-refractivity contribution is -0.114. The fourth-order valence-corrected chi connectivity index (χ4v) is 4.11. The highest BCUT2D eigenvalue weighted by molar-refractivity contribution is 6.03. The summed E-state index contributed by atoms with van der Waals surface area (Å²) in [6.07, 6.45) is 3.25. The summed E-state index contributed by atoms with van der Waals surface area (Å²) in [5.74, 6) is -0.355. The molecule has 0 saturated carbocycles. The van der Waals surface area contributed by atoms with Gasteiger partial charge in [-0.05, 0) is 16.5 Å². The Morgan fingerprint density at radius 1 is 1.03 bits per heavy atom. The fraction of sp³-hybridized carbons (Fsp3) is 0.320. The predicted octanol–water partition coefficient (Wildman–Crippen LogP) is 4.87. The van der Waals surface area contributed by atoms with Gasteiger partial charge in [0.1, 0.15) is 0 Å². The third-order valence-electron chi connectivity index (χ3n) is 5.74. The predicted molar refractivity (Wildman–Crippen MR) is 118 cm³/mol. The zero-order valence-corrected chi connectivity index (χ0v) is 17.7. The number of benzene rings is 2. The van der Waals surface area contributed by atoms with E-state index in [-0.39, 0.29) is 30.3 Å². The van der Waals surface area contributed by atoms with E-state index in [1.807, 2.05) is 42.5 Å². The smallest absolute Gasteiger partial charge is 0.404 e. The summed E-state index contributed by atoms with van der Waals surface area (Å²) in [5, 5.41) is 0. The highest BCUT2D eigenvalue weighted by Crippen LogP contribution is 2.53. The number of amides is 2. The first-order valence-electron chi connectivity index (χ1n) is 10.1. The van der Waals surface area contributed by atoms with Gasteiger partial charge in [-0.3, -0.25) is 4.79 Å². The molecule has 156 valence electrons. The molecular weight excluding hydrogens is 376 g/mol. The zero-order valence-electron chi connectivity index (χ0n) is 17.7. The Labute approximate surface area is 177 Å². The molecule has 2 aromatic carbocycles. The summed E-state index contributed by atoms with van der Waals surface area (Å²) in [7, 11) is 0. The van der Waals surface area contributed by atoms with Crippen LogP contribution in [0.3, 0.4) is 0 Å². The van der Waals surface area contributed by atoms with Crippen molar-refractivity contribution in [3.8, 4) is 0 Å². The third-order valence-corrected chi connectivity index (χ3v) is 5.74. The van der Waals surface area contributed by atoms with E-state index in [9.17, 15) is 9.59 Å². The molecule has 0 radical (unpaired) electrons. The number of hydrogen-bond donors (Lipinski definition) is 1. The number of allylic oxidation sites excluding steroid dienone is 1. The number of carbonyl (C=O) groups is 2. The average Bonchev–Trinajstić information content (AvgIpc) is 2.71. The Kier molecular flexibility index (Phi) is 6.20. The second-order valence-corrected chi connectivity index (χ2v) is 8.59. The Balaban J connectivity index is 2.17. The van der Waals surface area contributed by atoms with Gasteiger partial charge in [-0.2, -0.15) is 0 Å². The molecule has 0 spiro atoms. The summed E-state index contributed by atoms with van der Waals surface area (Å²) >= 11 is 0. The quantitative estimate of drug-likeness (QED) is 0.745. The Morgan fingerprint density at radius 3 is 2.03 bits per heavy atom. The lowest BCUT2D eigenvalue weighted by Crippen LogP contribution is -2.44. The van der Waals surface area contributed by atoms with Crippen LogP contribution in [-0.4, -0.2) is 24.8 Å². The molecule has 5 heteroatoms. The molecule has 1 aliphatic rings. The van der Waals surface area contributed by atoms with Crippen LogP contribution in [0.15, 0.2) is 77.3 Å². The van der Waals surface area contributed by atoms with Gasteiger partial charge < -0.3 is 10.5 Å². The summed E-state index contributed by atoms with van der Waals surface area (Å²) in [5.41, 5.74) is 7.06. The topological polar surface area (TPSA) is 81.8 Å². The van der Waals surface area contributed by atoms with E-state index in [1.54, 1.807) is 6.21 Å². The summed E-state index contributed by atoms with van der Waals surface area (Å²) in [6.45, 7) is 6.51. The van der Waals surface area contributed by atoms with Crippen molar-refractivity contribution in [1.82, 2.24) is 0 Å². The third kappa shape index (κ3) is 4.35. The highest BCUT2D eigenvalue weighted by atomic mass is 16.5. The van der Waals surface area contributed by atoms with Crippen molar-refractivity contribution in [3.63, 3.8) is 0 Å². The van der Waals surface area contributed by atoms with E-state index >= 15 is 0 Å². The normalized spacial score (nSPS) is 18.9. The van der Waals surface area contributed by atoms with Gasteiger partial charge in [0.15, 0.2) is 0 Å². The standard InChI is InChI=1S/C25H28N2O3/c1-24(2,3)25(16-20(22(28)27-17-25)14-15-30-23(26)29)21(18-10-6-4-7-11-18)19-12-8-5-9-13-19/h4-13,16-17,21H,14-15H2,1-3H3,(H2,26,29). The molecule has 0 bridgehead atoms. The SMILES string of the molecule is CC(C)(C)C1(C(c2ccccc2)c2ccccc2)C=NC(=O)C(CCOC(N)=O)=C1. The van der Waals surface area contributed by atoms with Crippen LogP contribution in [0, 0.1) is 10.8 Å². The van der Waals surface area contributed by atoms with Crippen molar-refractivity contribution >= 4 is 18.2 Å². The van der Waals surface area contributed by atoms with Gasteiger partial charge in [0.25, 0.3) is 5.91 Å². The van der Waals surface area contributed by atoms with Crippen LogP contribution in [0.4, 0.5) is 4.79 Å². The van der Waals surface area contributed by atoms with E-state index in [4.69, 9.17) is 10.5 Å². The minimum absolute atomic E-state index is 0.0456. The maximum atomic E-state index is 12.5. The molecule has 1 unspecified atom stereocenters. The van der Waals surface area contributed by atoms with Crippen molar-refractivity contribution in [2.45, 2.75) is 33.1 Å². The van der Waals surface area contributed by atoms with E-state index in [0.29, 0.717) is 5.57 Å². The largest absolute Gasteiger partial charge is 0.449 e. The lowest BCUT2D eigenvalue weighted by atomic mass is 9.56. The molecule has 1 aliphatic heterocycles. The number of rotatable bonds is 6. The van der Waals surface area contributed by atoms with Crippen LogP contribution in [0.25, 0.3) is 0 Å². The van der Waals surface area contributed by atoms with E-state index in [0.717, 1.165) is 11.1 Å². The van der Waals surface area contributed by atoms with Gasteiger partial charge in [-0.1, -0.05) is 87.5 Å². The molecule has 3 rings (SSSR count). The van der Waals surface area contributed by atoms with Crippen LogP contribution in [-0.2, 0) is 9.53 Å². The first-order chi connectivity index (χ1) is 14.2. The van der Waals surface area contributed by atoms with Crippen LogP contribution in [0.2, 0.25) is 0 Å². The second-order valence-electron chi connectivity index (χ2n) is 8.59. The zero-order chi connectivity index (χ0) is 21.8. The van der Waals surface area contributed by atoms with Crippen molar-refractivity contribution in [2.75, 3.05) is 6.61 Å². The average molecular weight is 405 g/mol. The molecule has 0 fully saturated rings. The molecule has 5 nitrogen and oxygen atoms in total. The molecule has 30 heavy (non-hydrogen) atoms. The summed E-state index contributed by atoms with van der Waals surface area (Å²) in [6, 6.07) is 20.5. The minimum atomic E-state index is -0.851. The molecular formula is C25H28N2O3. The van der Waals surface area contributed by atoms with Gasteiger partial charge in [0.2, 0.25) is 0 Å². The number of ether oxygens (including phenoxy) is 1. The van der Waals surface area contributed by atoms with Crippen molar-refractivity contribution < 1.29 is 14.3 Å². The number of hydrogen-bond acceptors (Lipinski definition) is 3. The molecule has 2 N–H and O–H groups in total. The Bertz CT molecular complexity index is 919. The fourth-order valence-electron chi connectivity index (χ4n) is 4.11. The van der Waals surface area contributed by atoms with Crippen molar-refractivity contribution in [2.24, 2.45) is 21.6 Å². The first-order valence-corrected chi connectivity index (χ1v) is 10.1. The van der Waals surface area contributed by atoms with E-state index < -0.39 is 11.5 Å². The molecule has 0 aliphatic carbocycles. The lowest BCUT2D eigenvalue weighted by Gasteiger charge is -2.47. The van der Waals surface area contributed by atoms with Crippen molar-refractivity contribution in [1.29, 1.82) is 0 Å². The number of carbonyl (C=O) groups excluding carboxylic acids is 2. The van der Waals surface area contributed by atoms with Gasteiger partial charge in [-0.25, -0.2) is 9.79 Å². The molecule has 0 saturated heterocycles. The van der Waals surface area contributed by atoms with E-state index in [2.05, 4.69) is 50.0 Å². The van der Waals surface area contributed by atoms with Crippen LogP contribution < -0.4 is 5.73 Å².